The van der Waals surface area contributed by atoms with Crippen molar-refractivity contribution in [1.82, 2.24) is 20.6 Å². The number of rotatable bonds is 14. The first kappa shape index (κ1) is 42.0. The summed E-state index contributed by atoms with van der Waals surface area (Å²) in [7, 11) is 1.54. The number of alkyl carbamates (subject to hydrolysis) is 1. The SMILES string of the molecule is C=C[C@@H]1C[C@]1(NC(=O)[C@@H]1C[C@@H](Oc2cc(-c3csc(NC(=O)C(C)C)n3)nc3c(Br)c(OC)ccc23)CC1C(=O)[C@@H](NC(=O)OC1CCCC1)C(C)(C)C)C(=O)O. The van der Waals surface area contributed by atoms with Crippen molar-refractivity contribution in [1.29, 1.82) is 0 Å². The van der Waals surface area contributed by atoms with Crippen LogP contribution in [0.4, 0.5) is 9.93 Å². The predicted molar refractivity (Wildman–Crippen MR) is 218 cm³/mol. The van der Waals surface area contributed by atoms with Crippen molar-refractivity contribution in [2.24, 2.45) is 29.1 Å². The fourth-order valence-electron chi connectivity index (χ4n) is 7.73. The monoisotopic (exact) mass is 867 g/mol. The van der Waals surface area contributed by atoms with Crippen LogP contribution in [-0.4, -0.2) is 75.6 Å². The highest BCUT2D eigenvalue weighted by Gasteiger charge is 2.61. The number of amides is 3. The third-order valence-corrected chi connectivity index (χ3v) is 12.6. The number of benzene rings is 1. The van der Waals surface area contributed by atoms with E-state index in [1.54, 1.807) is 44.5 Å². The van der Waals surface area contributed by atoms with Gasteiger partial charge in [-0.25, -0.2) is 19.6 Å². The van der Waals surface area contributed by atoms with E-state index in [1.165, 1.54) is 17.4 Å². The molecule has 306 valence electrons. The van der Waals surface area contributed by atoms with Gasteiger partial charge in [-0.3, -0.25) is 14.4 Å². The number of hydrogen-bond donors (Lipinski definition) is 4. The van der Waals surface area contributed by atoms with Gasteiger partial charge in [0.15, 0.2) is 10.9 Å². The van der Waals surface area contributed by atoms with Crippen LogP contribution in [0.15, 0.2) is 40.7 Å². The van der Waals surface area contributed by atoms with Gasteiger partial charge < -0.3 is 35.3 Å². The number of aliphatic carboxylic acids is 1. The third kappa shape index (κ3) is 8.96. The van der Waals surface area contributed by atoms with Crippen LogP contribution in [0.1, 0.15) is 79.6 Å². The Morgan fingerprint density at radius 3 is 2.35 bits per heavy atom. The minimum Gasteiger partial charge on any atom is -0.495 e. The van der Waals surface area contributed by atoms with Crippen molar-refractivity contribution in [3.05, 3.63) is 40.7 Å². The first-order valence-electron chi connectivity index (χ1n) is 19.2. The number of pyridine rings is 1. The largest absolute Gasteiger partial charge is 0.495 e. The number of carboxylic acid groups (broad SMARTS) is 1. The number of anilines is 1. The fourth-order valence-corrected chi connectivity index (χ4v) is 9.03. The first-order valence-corrected chi connectivity index (χ1v) is 20.9. The Bertz CT molecular complexity index is 2080. The van der Waals surface area contributed by atoms with Gasteiger partial charge in [0.2, 0.25) is 11.8 Å². The van der Waals surface area contributed by atoms with Crippen molar-refractivity contribution < 1.29 is 43.3 Å². The van der Waals surface area contributed by atoms with Crippen molar-refractivity contribution in [3.63, 3.8) is 0 Å². The van der Waals surface area contributed by atoms with Crippen LogP contribution in [0, 0.1) is 29.1 Å². The molecule has 1 aromatic carbocycles. The van der Waals surface area contributed by atoms with Crippen LogP contribution in [0.5, 0.6) is 11.5 Å². The minimum atomic E-state index is -1.51. The summed E-state index contributed by atoms with van der Waals surface area (Å²) in [6.45, 7) is 12.8. The highest BCUT2D eigenvalue weighted by molar-refractivity contribution is 9.10. The molecular formula is C41H50BrN5O9S. The fraction of sp³-hybridized carbons (Fsp3) is 0.537. The lowest BCUT2D eigenvalue weighted by molar-refractivity contribution is -0.144. The summed E-state index contributed by atoms with van der Waals surface area (Å²) < 4.78 is 18.5. The quantitative estimate of drug-likeness (QED) is 0.119. The molecule has 3 amide bonds. The molecule has 14 nitrogen and oxygen atoms in total. The Labute approximate surface area is 344 Å². The van der Waals surface area contributed by atoms with E-state index in [0.717, 1.165) is 25.7 Å². The standard InChI is InChI=1S/C41H50BrN5O9S/c1-8-21-18-41(21,37(51)52)47-36(50)26-16-23(15-25(26)33(48)34(40(4,5)6)45-39(53)56-22-11-9-10-12-22)55-30-17-27(28-19-57-38(44-28)46-35(49)20(2)3)43-32-24(30)13-14-29(54-7)31(32)42/h8,13-14,17,19-23,25-26,34H,1,9-12,15-16,18H2,2-7H3,(H,45,53)(H,47,50)(H,51,52)(H,44,46,49)/t21-,23+,25?,26-,34-,41-/m1/s1. The molecule has 0 spiro atoms. The second kappa shape index (κ2) is 16.7. The molecule has 16 heteroatoms. The second-order valence-corrected chi connectivity index (χ2v) is 18.2. The number of Topliss-reactive ketones (excluding diaryl/α,β-unsaturated/α-hetero) is 1. The number of halogens is 1. The molecule has 57 heavy (non-hydrogen) atoms. The average Bonchev–Trinajstić information content (AvgIpc) is 3.57. The number of methoxy groups -OCH3 is 1. The molecule has 3 aromatic rings. The van der Waals surface area contributed by atoms with Gasteiger partial charge in [0.05, 0.1) is 34.8 Å². The van der Waals surface area contributed by atoms with Crippen LogP contribution in [0.3, 0.4) is 0 Å². The van der Waals surface area contributed by atoms with Gasteiger partial charge in [-0.05, 0) is 78.4 Å². The Morgan fingerprint density at radius 1 is 1.04 bits per heavy atom. The maximum Gasteiger partial charge on any atom is 0.408 e. The van der Waals surface area contributed by atoms with Crippen LogP contribution in [0.25, 0.3) is 22.3 Å². The van der Waals surface area contributed by atoms with Crippen LogP contribution in [0.2, 0.25) is 0 Å². The number of carbonyl (C=O) groups excluding carboxylic acids is 4. The zero-order valence-electron chi connectivity index (χ0n) is 33.0. The summed E-state index contributed by atoms with van der Waals surface area (Å²) in [5.41, 5.74) is -0.839. The van der Waals surface area contributed by atoms with Crippen molar-refractivity contribution in [3.8, 4) is 22.9 Å². The summed E-state index contributed by atoms with van der Waals surface area (Å²) >= 11 is 4.88. The molecule has 2 heterocycles. The van der Waals surface area contributed by atoms with E-state index in [1.807, 2.05) is 20.8 Å². The number of nitrogens with zero attached hydrogens (tertiary/aromatic N) is 2. The lowest BCUT2D eigenvalue weighted by Crippen LogP contribution is -2.54. The molecule has 3 aliphatic carbocycles. The summed E-state index contributed by atoms with van der Waals surface area (Å²) in [6, 6.07) is 4.27. The lowest BCUT2D eigenvalue weighted by atomic mass is 9.77. The van der Waals surface area contributed by atoms with Gasteiger partial charge in [-0.1, -0.05) is 40.7 Å². The van der Waals surface area contributed by atoms with E-state index >= 15 is 0 Å². The molecule has 6 atom stereocenters. The number of carbonyl (C=O) groups is 5. The molecule has 4 N–H and O–H groups in total. The molecule has 0 radical (unpaired) electrons. The number of carboxylic acids is 1. The van der Waals surface area contributed by atoms with Crippen molar-refractivity contribution in [2.75, 3.05) is 12.4 Å². The van der Waals surface area contributed by atoms with E-state index in [-0.39, 0.29) is 43.0 Å². The number of fused-ring (bicyclic) bond motifs is 1. The summed E-state index contributed by atoms with van der Waals surface area (Å²) in [5, 5.41) is 21.3. The Hall–Kier alpha value is -4.57. The minimum absolute atomic E-state index is 0.0820. The Balaban J connectivity index is 1.34. The summed E-state index contributed by atoms with van der Waals surface area (Å²) in [6.07, 6.45) is 3.73. The number of ether oxygens (including phenoxy) is 3. The third-order valence-electron chi connectivity index (χ3n) is 11.1. The molecule has 3 saturated carbocycles. The van der Waals surface area contributed by atoms with E-state index in [4.69, 9.17) is 19.2 Å². The van der Waals surface area contributed by atoms with Gasteiger partial charge in [0.1, 0.15) is 34.9 Å². The van der Waals surface area contributed by atoms with Crippen LogP contribution < -0.4 is 25.4 Å². The Morgan fingerprint density at radius 2 is 1.74 bits per heavy atom. The first-order chi connectivity index (χ1) is 26.9. The summed E-state index contributed by atoms with van der Waals surface area (Å²) in [5.74, 6) is -4.00. The maximum atomic E-state index is 14.7. The zero-order valence-corrected chi connectivity index (χ0v) is 35.4. The topological polar surface area (TPSA) is 195 Å². The zero-order chi connectivity index (χ0) is 41.4. The van der Waals surface area contributed by atoms with E-state index in [9.17, 15) is 29.1 Å². The average molecular weight is 869 g/mol. The van der Waals surface area contributed by atoms with Crippen LogP contribution in [-0.2, 0) is 23.9 Å². The number of ketones is 1. The van der Waals surface area contributed by atoms with E-state index < -0.39 is 58.8 Å². The van der Waals surface area contributed by atoms with Gasteiger partial charge in [-0.15, -0.1) is 17.9 Å². The molecule has 6 rings (SSSR count). The number of aromatic nitrogens is 2. The predicted octanol–water partition coefficient (Wildman–Crippen LogP) is 7.30. The highest BCUT2D eigenvalue weighted by atomic mass is 79.9. The number of thiazole rings is 1. The van der Waals surface area contributed by atoms with Gasteiger partial charge in [-0.2, -0.15) is 0 Å². The molecule has 1 unspecified atom stereocenters. The van der Waals surface area contributed by atoms with Gasteiger partial charge in [0.25, 0.3) is 0 Å². The lowest BCUT2D eigenvalue weighted by Gasteiger charge is -2.33. The molecule has 0 bridgehead atoms. The number of hydrogen-bond acceptors (Lipinski definition) is 11. The number of nitrogens with one attached hydrogen (secondary N) is 3. The molecule has 0 aliphatic heterocycles. The molecule has 2 aromatic heterocycles. The second-order valence-electron chi connectivity index (χ2n) is 16.6. The molecule has 3 fully saturated rings. The normalized spacial score (nSPS) is 23.8. The Kier molecular flexibility index (Phi) is 12.3. The van der Waals surface area contributed by atoms with Crippen molar-refractivity contribution in [2.45, 2.75) is 103 Å². The molecular weight excluding hydrogens is 818 g/mol. The smallest absolute Gasteiger partial charge is 0.408 e. The van der Waals surface area contributed by atoms with E-state index in [0.29, 0.717) is 43.4 Å². The van der Waals surface area contributed by atoms with Gasteiger partial charge >= 0.3 is 12.1 Å². The van der Waals surface area contributed by atoms with Gasteiger partial charge in [0, 0.05) is 34.6 Å². The maximum absolute atomic E-state index is 14.7. The highest BCUT2D eigenvalue weighted by Crippen LogP contribution is 2.47. The van der Waals surface area contributed by atoms with Crippen molar-refractivity contribution >= 4 is 73.0 Å². The molecule has 0 saturated heterocycles. The van der Waals surface area contributed by atoms with Crippen LogP contribution >= 0.6 is 27.3 Å². The molecule has 3 aliphatic rings. The van der Waals surface area contributed by atoms with E-state index in [2.05, 4.69) is 43.4 Å². The summed E-state index contributed by atoms with van der Waals surface area (Å²) in [4.78, 5) is 76.3.